The lowest BCUT2D eigenvalue weighted by atomic mass is 10.0. The monoisotopic (exact) mass is 374 g/mol. The van der Waals surface area contributed by atoms with Gasteiger partial charge in [-0.25, -0.2) is 0 Å². The maximum atomic E-state index is 10.1. The lowest BCUT2D eigenvalue weighted by Crippen LogP contribution is -1.94. The zero-order valence-electron chi connectivity index (χ0n) is 12.9. The molecule has 24 heavy (non-hydrogen) atoms. The van der Waals surface area contributed by atoms with Crippen molar-refractivity contribution in [2.45, 2.75) is 22.6 Å². The topological polar surface area (TPSA) is 20.2 Å². The van der Waals surface area contributed by atoms with Gasteiger partial charge in [0.05, 0.1) is 5.02 Å². The van der Waals surface area contributed by atoms with E-state index in [1.807, 2.05) is 48.5 Å². The first kappa shape index (κ1) is 17.2. The Morgan fingerprint density at radius 1 is 0.750 bits per heavy atom. The number of phenols is 1. The summed E-state index contributed by atoms with van der Waals surface area (Å²) in [5.74, 6) is 0.182. The quantitative estimate of drug-likeness (QED) is 0.540. The molecule has 0 saturated carbocycles. The van der Waals surface area contributed by atoms with Gasteiger partial charge in [-0.1, -0.05) is 65.3 Å². The minimum Gasteiger partial charge on any atom is -0.506 e. The van der Waals surface area contributed by atoms with Crippen molar-refractivity contribution >= 4 is 35.0 Å². The SMILES string of the molecule is Oc1c(Cl)cccc1CCc1ccccc1Sc1ccc(Cl)cc1. The largest absolute Gasteiger partial charge is 0.506 e. The van der Waals surface area contributed by atoms with E-state index in [9.17, 15) is 5.11 Å². The van der Waals surface area contributed by atoms with Crippen LogP contribution < -0.4 is 0 Å². The molecular formula is C20H16Cl2OS. The van der Waals surface area contributed by atoms with Gasteiger partial charge in [0.1, 0.15) is 5.75 Å². The molecule has 0 amide bonds. The Bertz CT molecular complexity index is 831. The summed E-state index contributed by atoms with van der Waals surface area (Å²) in [6, 6.07) is 21.6. The van der Waals surface area contributed by atoms with E-state index in [1.165, 1.54) is 10.5 Å². The number of rotatable bonds is 5. The van der Waals surface area contributed by atoms with E-state index in [2.05, 4.69) is 12.1 Å². The molecule has 0 saturated heterocycles. The van der Waals surface area contributed by atoms with Crippen LogP contribution in [-0.4, -0.2) is 5.11 Å². The highest BCUT2D eigenvalue weighted by atomic mass is 35.5. The molecule has 0 bridgehead atoms. The summed E-state index contributed by atoms with van der Waals surface area (Å²) >= 11 is 13.6. The molecule has 0 aliphatic carbocycles. The van der Waals surface area contributed by atoms with Gasteiger partial charge in [0.2, 0.25) is 0 Å². The van der Waals surface area contributed by atoms with Gasteiger partial charge in [-0.2, -0.15) is 0 Å². The lowest BCUT2D eigenvalue weighted by Gasteiger charge is -2.10. The van der Waals surface area contributed by atoms with E-state index in [1.54, 1.807) is 17.8 Å². The second-order valence-electron chi connectivity index (χ2n) is 5.41. The number of benzene rings is 3. The number of para-hydroxylation sites is 1. The van der Waals surface area contributed by atoms with E-state index in [0.29, 0.717) is 5.02 Å². The third kappa shape index (κ3) is 4.27. The van der Waals surface area contributed by atoms with Crippen LogP contribution in [0.1, 0.15) is 11.1 Å². The molecule has 0 heterocycles. The highest BCUT2D eigenvalue weighted by Gasteiger charge is 2.08. The summed E-state index contributed by atoms with van der Waals surface area (Å²) in [6.45, 7) is 0. The third-order valence-corrected chi connectivity index (χ3v) is 5.43. The maximum absolute atomic E-state index is 10.1. The molecule has 0 aromatic heterocycles. The molecule has 0 fully saturated rings. The predicted molar refractivity (Wildman–Crippen MR) is 103 cm³/mol. The van der Waals surface area contributed by atoms with Crippen LogP contribution in [0.3, 0.4) is 0 Å². The van der Waals surface area contributed by atoms with Crippen LogP contribution in [0.2, 0.25) is 10.0 Å². The first-order valence-corrected chi connectivity index (χ1v) is 9.18. The first-order chi connectivity index (χ1) is 11.6. The van der Waals surface area contributed by atoms with E-state index in [-0.39, 0.29) is 5.75 Å². The standard InChI is InChI=1S/C20H16Cl2OS/c21-16-10-12-17(13-11-16)24-19-7-2-1-4-14(19)8-9-15-5-3-6-18(22)20(15)23/h1-7,10-13,23H,8-9H2. The van der Waals surface area contributed by atoms with Crippen LogP contribution in [0.25, 0.3) is 0 Å². The molecule has 122 valence electrons. The molecule has 3 aromatic carbocycles. The van der Waals surface area contributed by atoms with Crippen LogP contribution >= 0.6 is 35.0 Å². The first-order valence-electron chi connectivity index (χ1n) is 7.61. The van der Waals surface area contributed by atoms with Gasteiger partial charge >= 0.3 is 0 Å². The minimum absolute atomic E-state index is 0.182. The molecule has 4 heteroatoms. The Balaban J connectivity index is 1.76. The Hall–Kier alpha value is -1.61. The summed E-state index contributed by atoms with van der Waals surface area (Å²) in [5.41, 5.74) is 2.12. The predicted octanol–water partition coefficient (Wildman–Crippen LogP) is 6.64. The summed E-state index contributed by atoms with van der Waals surface area (Å²) in [5, 5.41) is 11.2. The Morgan fingerprint density at radius 2 is 1.42 bits per heavy atom. The van der Waals surface area contributed by atoms with Crippen LogP contribution in [0.5, 0.6) is 5.75 Å². The van der Waals surface area contributed by atoms with Gasteiger partial charge in [-0.05, 0) is 60.4 Å². The molecular weight excluding hydrogens is 359 g/mol. The number of halogens is 2. The average Bonchev–Trinajstić information content (AvgIpc) is 2.59. The molecule has 3 aromatic rings. The molecule has 0 aliphatic rings. The number of hydrogen-bond donors (Lipinski definition) is 1. The number of aryl methyl sites for hydroxylation is 2. The molecule has 0 atom stereocenters. The zero-order chi connectivity index (χ0) is 16.9. The average molecular weight is 375 g/mol. The molecule has 0 aliphatic heterocycles. The van der Waals surface area contributed by atoms with Crippen molar-refractivity contribution in [3.63, 3.8) is 0 Å². The highest BCUT2D eigenvalue weighted by Crippen LogP contribution is 2.33. The van der Waals surface area contributed by atoms with Gasteiger partial charge in [0.25, 0.3) is 0 Å². The van der Waals surface area contributed by atoms with Crippen molar-refractivity contribution in [3.8, 4) is 5.75 Å². The highest BCUT2D eigenvalue weighted by molar-refractivity contribution is 7.99. The van der Waals surface area contributed by atoms with Crippen molar-refractivity contribution in [3.05, 3.63) is 87.9 Å². The summed E-state index contributed by atoms with van der Waals surface area (Å²) in [4.78, 5) is 2.36. The molecule has 0 spiro atoms. The van der Waals surface area contributed by atoms with Crippen molar-refractivity contribution in [1.82, 2.24) is 0 Å². The third-order valence-electron chi connectivity index (χ3n) is 3.75. The van der Waals surface area contributed by atoms with Crippen molar-refractivity contribution in [2.75, 3.05) is 0 Å². The summed E-state index contributed by atoms with van der Waals surface area (Å²) in [7, 11) is 0. The maximum Gasteiger partial charge on any atom is 0.137 e. The normalized spacial score (nSPS) is 10.8. The van der Waals surface area contributed by atoms with Gasteiger partial charge in [0.15, 0.2) is 0 Å². The van der Waals surface area contributed by atoms with Crippen molar-refractivity contribution in [2.24, 2.45) is 0 Å². The van der Waals surface area contributed by atoms with Crippen molar-refractivity contribution < 1.29 is 5.11 Å². The van der Waals surface area contributed by atoms with Gasteiger partial charge in [-0.15, -0.1) is 0 Å². The van der Waals surface area contributed by atoms with Gasteiger partial charge in [0, 0.05) is 14.8 Å². The second kappa shape index (κ2) is 7.98. The summed E-state index contributed by atoms with van der Waals surface area (Å²) in [6.07, 6.45) is 1.58. The van der Waals surface area contributed by atoms with E-state index < -0.39 is 0 Å². The van der Waals surface area contributed by atoms with Crippen LogP contribution in [0, 0.1) is 0 Å². The molecule has 0 unspecified atom stereocenters. The fourth-order valence-electron chi connectivity index (χ4n) is 2.47. The Kier molecular flexibility index (Phi) is 5.72. The van der Waals surface area contributed by atoms with E-state index in [4.69, 9.17) is 23.2 Å². The van der Waals surface area contributed by atoms with Crippen LogP contribution in [-0.2, 0) is 12.8 Å². The Morgan fingerprint density at radius 3 is 2.21 bits per heavy atom. The number of hydrogen-bond acceptors (Lipinski definition) is 2. The second-order valence-corrected chi connectivity index (χ2v) is 7.37. The van der Waals surface area contributed by atoms with Crippen LogP contribution in [0.4, 0.5) is 0 Å². The number of phenolic OH excluding ortho intramolecular Hbond substituents is 1. The molecule has 1 nitrogen and oxygen atoms in total. The summed E-state index contributed by atoms with van der Waals surface area (Å²) < 4.78 is 0. The zero-order valence-corrected chi connectivity index (χ0v) is 15.2. The lowest BCUT2D eigenvalue weighted by molar-refractivity contribution is 0.468. The van der Waals surface area contributed by atoms with E-state index >= 15 is 0 Å². The molecule has 0 radical (unpaired) electrons. The minimum atomic E-state index is 0.182. The number of aromatic hydroxyl groups is 1. The van der Waals surface area contributed by atoms with Gasteiger partial charge < -0.3 is 5.11 Å². The smallest absolute Gasteiger partial charge is 0.137 e. The van der Waals surface area contributed by atoms with Crippen molar-refractivity contribution in [1.29, 1.82) is 0 Å². The van der Waals surface area contributed by atoms with Crippen LogP contribution in [0.15, 0.2) is 76.5 Å². The Labute approximate surface area is 156 Å². The molecule has 3 rings (SSSR count). The molecule has 1 N–H and O–H groups in total. The van der Waals surface area contributed by atoms with Gasteiger partial charge in [-0.3, -0.25) is 0 Å². The van der Waals surface area contributed by atoms with E-state index in [0.717, 1.165) is 28.3 Å². The fraction of sp³-hybridized carbons (Fsp3) is 0.100. The fourth-order valence-corrected chi connectivity index (χ4v) is 3.76.